The number of aliphatic hydroxyl groups is 2. The molecule has 0 bridgehead atoms. The average molecular weight is 485 g/mol. The lowest BCUT2D eigenvalue weighted by Gasteiger charge is -2.17. The van der Waals surface area contributed by atoms with E-state index in [9.17, 15) is 14.8 Å². The van der Waals surface area contributed by atoms with Crippen LogP contribution in [-0.4, -0.2) is 65.8 Å². The van der Waals surface area contributed by atoms with Gasteiger partial charge in [0.1, 0.15) is 35.3 Å². The van der Waals surface area contributed by atoms with Crippen LogP contribution >= 0.6 is 19.2 Å². The van der Waals surface area contributed by atoms with E-state index < -0.39 is 38.5 Å². The summed E-state index contributed by atoms with van der Waals surface area (Å²) in [6.45, 7) is 0.216. The van der Waals surface area contributed by atoms with Crippen molar-refractivity contribution in [2.75, 3.05) is 18.3 Å². The Hall–Kier alpha value is -2.08. The van der Waals surface area contributed by atoms with Crippen molar-refractivity contribution in [3.63, 3.8) is 0 Å². The zero-order valence-electron chi connectivity index (χ0n) is 16.7. The van der Waals surface area contributed by atoms with Crippen LogP contribution in [0.25, 0.3) is 11.2 Å². The molecule has 0 aliphatic carbocycles. The van der Waals surface area contributed by atoms with Crippen LogP contribution in [-0.2, 0) is 20.6 Å². The summed E-state index contributed by atoms with van der Waals surface area (Å²) in [4.78, 5) is 26.4. The van der Waals surface area contributed by atoms with E-state index in [1.165, 1.54) is 10.9 Å². The second kappa shape index (κ2) is 9.42. The minimum atomic E-state index is -4.36. The topological polar surface area (TPSA) is 159 Å². The number of aliphatic hydroxyl groups excluding tert-OH is 2. The lowest BCUT2D eigenvalue weighted by molar-refractivity contribution is -0.0612. The monoisotopic (exact) mass is 484 g/mol. The van der Waals surface area contributed by atoms with Gasteiger partial charge < -0.3 is 34.8 Å². The molecule has 3 aromatic rings. The predicted molar refractivity (Wildman–Crippen MR) is 115 cm³/mol. The maximum absolute atomic E-state index is 10.9. The van der Waals surface area contributed by atoms with Crippen LogP contribution in [0.3, 0.4) is 0 Å². The van der Waals surface area contributed by atoms with Gasteiger partial charge in [-0.3, -0.25) is 9.13 Å². The van der Waals surface area contributed by atoms with Gasteiger partial charge in [-0.15, -0.1) is 0 Å². The molecule has 1 fully saturated rings. The fourth-order valence-electron chi connectivity index (χ4n) is 3.47. The summed E-state index contributed by atoms with van der Waals surface area (Å²) in [6, 6.07) is 11.4. The molecule has 1 aliphatic heterocycles. The highest BCUT2D eigenvalue weighted by molar-refractivity contribution is 7.51. The number of imidazole rings is 1. The van der Waals surface area contributed by atoms with Gasteiger partial charge in [0.25, 0.3) is 0 Å². The zero-order valence-corrected chi connectivity index (χ0v) is 18.3. The molecular weight excluding hydrogens is 463 g/mol. The molecule has 4 atom stereocenters. The van der Waals surface area contributed by atoms with E-state index in [4.69, 9.17) is 30.9 Å². The molecule has 4 rings (SSSR count). The van der Waals surface area contributed by atoms with Crippen LogP contribution in [0.1, 0.15) is 11.8 Å². The molecule has 1 saturated heterocycles. The molecule has 2 aromatic heterocycles. The van der Waals surface area contributed by atoms with E-state index in [1.54, 1.807) is 6.07 Å². The number of fused-ring (bicyclic) bond motifs is 1. The number of ether oxygens (including phenoxy) is 2. The molecule has 1 aliphatic rings. The quantitative estimate of drug-likeness (QED) is 0.234. The molecule has 0 amide bonds. The maximum atomic E-state index is 10.9. The van der Waals surface area contributed by atoms with E-state index in [2.05, 4.69) is 15.3 Å². The zero-order chi connectivity index (χ0) is 22.9. The van der Waals surface area contributed by atoms with Crippen LogP contribution in [0.2, 0.25) is 5.15 Å². The van der Waals surface area contributed by atoms with Gasteiger partial charge in [0.2, 0.25) is 0 Å². The number of benzene rings is 1. The molecule has 3 heterocycles. The molecule has 5 N–H and O–H groups in total. The van der Waals surface area contributed by atoms with Crippen LogP contribution in [0.15, 0.2) is 42.7 Å². The van der Waals surface area contributed by atoms with Gasteiger partial charge in [0.05, 0.1) is 18.6 Å². The van der Waals surface area contributed by atoms with E-state index >= 15 is 0 Å². The normalized spacial score (nSPS) is 23.7. The first-order chi connectivity index (χ1) is 15.2. The number of anilines is 1. The summed E-state index contributed by atoms with van der Waals surface area (Å²) in [6.07, 6.45) is -4.15. The van der Waals surface area contributed by atoms with Crippen molar-refractivity contribution in [1.82, 2.24) is 14.5 Å². The summed E-state index contributed by atoms with van der Waals surface area (Å²) in [7, 11) is -4.36. The third-order valence-corrected chi connectivity index (χ3v) is 5.69. The highest BCUT2D eigenvalue weighted by Crippen LogP contribution is 2.36. The number of aromatic nitrogens is 3. The Kier molecular flexibility index (Phi) is 6.80. The highest BCUT2D eigenvalue weighted by atomic mass is 35.5. The van der Waals surface area contributed by atoms with E-state index in [0.29, 0.717) is 23.4 Å². The van der Waals surface area contributed by atoms with Gasteiger partial charge >= 0.3 is 7.60 Å². The fourth-order valence-corrected chi connectivity index (χ4v) is 4.01. The van der Waals surface area contributed by atoms with Crippen molar-refractivity contribution in [3.05, 3.63) is 53.4 Å². The van der Waals surface area contributed by atoms with Crippen molar-refractivity contribution in [1.29, 1.82) is 0 Å². The number of rotatable bonds is 8. The lowest BCUT2D eigenvalue weighted by atomic mass is 10.1. The van der Waals surface area contributed by atoms with Gasteiger partial charge in [0.15, 0.2) is 11.9 Å². The molecule has 11 nitrogen and oxygen atoms in total. The van der Waals surface area contributed by atoms with Gasteiger partial charge in [-0.2, -0.15) is 0 Å². The Morgan fingerprint density at radius 2 is 1.97 bits per heavy atom. The second-order valence-corrected chi connectivity index (χ2v) is 9.34. The average Bonchev–Trinajstić information content (AvgIpc) is 3.28. The van der Waals surface area contributed by atoms with Crippen LogP contribution in [0.5, 0.6) is 0 Å². The third kappa shape index (κ3) is 5.11. The summed E-state index contributed by atoms with van der Waals surface area (Å²) in [5, 5.41) is 24.3. The fraction of sp³-hybridized carbons (Fsp3) is 0.368. The molecule has 32 heavy (non-hydrogen) atoms. The third-order valence-electron chi connectivity index (χ3n) is 4.98. The molecule has 0 saturated carbocycles. The Labute approximate surface area is 187 Å². The first-order valence-corrected chi connectivity index (χ1v) is 11.9. The van der Waals surface area contributed by atoms with Crippen molar-refractivity contribution < 1.29 is 34.0 Å². The van der Waals surface area contributed by atoms with Crippen LogP contribution in [0, 0.1) is 0 Å². The van der Waals surface area contributed by atoms with E-state index in [1.807, 2.05) is 30.3 Å². The maximum Gasteiger partial charge on any atom is 0.350 e. The number of pyridine rings is 1. The standard InChI is InChI=1S/C19H22ClN4O7P/c20-14-6-12(21-7-11-4-2-1-3-5-11)15-18(23-14)24(9-22-15)19-17(26)16(25)13(31-19)8-30-10-32(27,28)29/h1-6,9,13,16-17,19,25-26H,7-8,10H2,(H,21,23)(H2,27,28,29)/t13-,16-,17-,19-/m1/s1. The molecule has 172 valence electrons. The Balaban J connectivity index is 1.54. The largest absolute Gasteiger partial charge is 0.387 e. The number of nitrogens with zero attached hydrogens (tertiary/aromatic N) is 3. The van der Waals surface area contributed by atoms with Gasteiger partial charge in [-0.1, -0.05) is 41.9 Å². The Morgan fingerprint density at radius 3 is 2.69 bits per heavy atom. The summed E-state index contributed by atoms with van der Waals surface area (Å²) >= 11 is 6.21. The van der Waals surface area contributed by atoms with Gasteiger partial charge in [-0.05, 0) is 5.56 Å². The van der Waals surface area contributed by atoms with E-state index in [-0.39, 0.29) is 11.8 Å². The first kappa shape index (κ1) is 23.1. The molecule has 0 radical (unpaired) electrons. The molecule has 13 heteroatoms. The molecule has 1 aromatic carbocycles. The smallest absolute Gasteiger partial charge is 0.350 e. The van der Waals surface area contributed by atoms with Crippen molar-refractivity contribution in [2.24, 2.45) is 0 Å². The number of hydrogen-bond donors (Lipinski definition) is 5. The first-order valence-electron chi connectivity index (χ1n) is 9.68. The molecule has 0 spiro atoms. The van der Waals surface area contributed by atoms with Crippen LogP contribution in [0.4, 0.5) is 5.69 Å². The Bertz CT molecular complexity index is 1130. The summed E-state index contributed by atoms with van der Waals surface area (Å²) < 4.78 is 23.0. The highest BCUT2D eigenvalue weighted by Gasteiger charge is 2.44. The van der Waals surface area contributed by atoms with E-state index in [0.717, 1.165) is 5.56 Å². The predicted octanol–water partition coefficient (Wildman–Crippen LogP) is 1.47. The van der Waals surface area contributed by atoms with Crippen molar-refractivity contribution >= 4 is 36.0 Å². The Morgan fingerprint density at radius 1 is 1.22 bits per heavy atom. The number of halogens is 1. The summed E-state index contributed by atoms with van der Waals surface area (Å²) in [5.41, 5.74) is 2.53. The lowest BCUT2D eigenvalue weighted by Crippen LogP contribution is -2.33. The minimum Gasteiger partial charge on any atom is -0.387 e. The second-order valence-electron chi connectivity index (χ2n) is 7.37. The van der Waals surface area contributed by atoms with Crippen LogP contribution < -0.4 is 5.32 Å². The van der Waals surface area contributed by atoms with Gasteiger partial charge in [-0.25, -0.2) is 9.97 Å². The minimum absolute atomic E-state index is 0.198. The van der Waals surface area contributed by atoms with Crippen molar-refractivity contribution in [2.45, 2.75) is 31.1 Å². The summed E-state index contributed by atoms with van der Waals surface area (Å²) in [5.74, 6) is 0. The molecule has 0 unspecified atom stereocenters. The number of hydrogen-bond acceptors (Lipinski definition) is 8. The van der Waals surface area contributed by atoms with Crippen molar-refractivity contribution in [3.8, 4) is 0 Å². The SMILES string of the molecule is O=P(O)(O)COC[C@H]1O[C@@H](n2cnc3c(NCc4ccccc4)cc(Cl)nc32)[C@H](O)[C@@H]1O. The molecular formula is C19H22ClN4O7P. The number of nitrogens with one attached hydrogen (secondary N) is 1. The van der Waals surface area contributed by atoms with Gasteiger partial charge in [0, 0.05) is 12.6 Å².